The lowest BCUT2D eigenvalue weighted by Gasteiger charge is -2.08. The Morgan fingerprint density at radius 2 is 1.89 bits per heavy atom. The van der Waals surface area contributed by atoms with E-state index >= 15 is 0 Å². The molecule has 0 aliphatic carbocycles. The molecule has 0 aromatic heterocycles. The summed E-state index contributed by atoms with van der Waals surface area (Å²) in [6, 6.07) is 10.8. The number of amides is 1. The number of nitrogens with one attached hydrogen (secondary N) is 1. The monoisotopic (exact) mass is 278 g/mol. The summed E-state index contributed by atoms with van der Waals surface area (Å²) in [5, 5.41) is 2.94. The van der Waals surface area contributed by atoms with Gasteiger partial charge in [-0.2, -0.15) is 0 Å². The van der Waals surface area contributed by atoms with E-state index in [1.807, 2.05) is 0 Å². The molecule has 2 aromatic rings. The van der Waals surface area contributed by atoms with Crippen LogP contribution >= 0.6 is 11.6 Å². The Labute approximate surface area is 115 Å². The number of hydrogen-bond donors (Lipinski definition) is 2. The normalized spacial score (nSPS) is 10.2. The van der Waals surface area contributed by atoms with Gasteiger partial charge in [0.1, 0.15) is 5.82 Å². The predicted molar refractivity (Wildman–Crippen MR) is 73.4 cm³/mol. The molecule has 1 amide bonds. The van der Waals surface area contributed by atoms with Gasteiger partial charge in [0.25, 0.3) is 5.91 Å². The van der Waals surface area contributed by atoms with Crippen LogP contribution in [0.15, 0.2) is 42.5 Å². The minimum absolute atomic E-state index is 0.235. The van der Waals surface area contributed by atoms with Gasteiger partial charge < -0.3 is 11.1 Å². The van der Waals surface area contributed by atoms with Crippen LogP contribution in [0.1, 0.15) is 15.9 Å². The number of halogens is 2. The van der Waals surface area contributed by atoms with Crippen molar-refractivity contribution in [1.82, 2.24) is 5.32 Å². The van der Waals surface area contributed by atoms with Crippen LogP contribution < -0.4 is 11.1 Å². The highest BCUT2D eigenvalue weighted by Crippen LogP contribution is 2.22. The molecule has 0 aliphatic heterocycles. The van der Waals surface area contributed by atoms with Crippen molar-refractivity contribution in [1.29, 1.82) is 0 Å². The van der Waals surface area contributed by atoms with Crippen molar-refractivity contribution in [2.75, 3.05) is 5.73 Å². The van der Waals surface area contributed by atoms with Gasteiger partial charge in [-0.25, -0.2) is 4.39 Å². The van der Waals surface area contributed by atoms with E-state index in [0.717, 1.165) is 5.56 Å². The number of hydrogen-bond acceptors (Lipinski definition) is 2. The predicted octanol–water partition coefficient (Wildman–Crippen LogP) is 2.99. The molecule has 2 aromatic carbocycles. The van der Waals surface area contributed by atoms with E-state index in [1.54, 1.807) is 30.3 Å². The zero-order chi connectivity index (χ0) is 13.8. The van der Waals surface area contributed by atoms with Gasteiger partial charge in [-0.3, -0.25) is 4.79 Å². The van der Waals surface area contributed by atoms with Crippen LogP contribution in [-0.4, -0.2) is 5.91 Å². The molecule has 5 heteroatoms. The SMILES string of the molecule is Nc1cccc(C(=O)NCc2ccc(F)cc2)c1Cl. The summed E-state index contributed by atoms with van der Waals surface area (Å²) in [6.45, 7) is 0.296. The third-order valence-electron chi connectivity index (χ3n) is 2.64. The average Bonchev–Trinajstić information content (AvgIpc) is 2.41. The fourth-order valence-corrected chi connectivity index (χ4v) is 1.82. The summed E-state index contributed by atoms with van der Waals surface area (Å²) in [5.74, 6) is -0.629. The summed E-state index contributed by atoms with van der Waals surface area (Å²) in [6.07, 6.45) is 0. The van der Waals surface area contributed by atoms with Crippen LogP contribution in [0.25, 0.3) is 0 Å². The summed E-state index contributed by atoms with van der Waals surface area (Å²) < 4.78 is 12.7. The van der Waals surface area contributed by atoms with Gasteiger partial charge in [0.15, 0.2) is 0 Å². The molecular formula is C14H12ClFN2O. The lowest BCUT2D eigenvalue weighted by molar-refractivity contribution is 0.0951. The first-order chi connectivity index (χ1) is 9.08. The van der Waals surface area contributed by atoms with Crippen LogP contribution in [0.5, 0.6) is 0 Å². The van der Waals surface area contributed by atoms with Gasteiger partial charge in [-0.15, -0.1) is 0 Å². The highest BCUT2D eigenvalue weighted by atomic mass is 35.5. The van der Waals surface area contributed by atoms with Crippen molar-refractivity contribution in [2.24, 2.45) is 0 Å². The van der Waals surface area contributed by atoms with E-state index in [1.165, 1.54) is 12.1 Å². The second kappa shape index (κ2) is 5.71. The number of carbonyl (C=O) groups is 1. The van der Waals surface area contributed by atoms with Crippen LogP contribution in [0.3, 0.4) is 0 Å². The quantitative estimate of drug-likeness (QED) is 0.848. The topological polar surface area (TPSA) is 55.1 Å². The molecule has 0 unspecified atom stereocenters. The van der Waals surface area contributed by atoms with Gasteiger partial charge >= 0.3 is 0 Å². The molecule has 0 fully saturated rings. The van der Waals surface area contributed by atoms with Gasteiger partial charge in [-0.1, -0.05) is 29.8 Å². The molecule has 98 valence electrons. The molecule has 0 bridgehead atoms. The van der Waals surface area contributed by atoms with Crippen LogP contribution in [0, 0.1) is 5.82 Å². The molecule has 0 spiro atoms. The Morgan fingerprint density at radius 3 is 2.58 bits per heavy atom. The first-order valence-corrected chi connectivity index (χ1v) is 6.02. The van der Waals surface area contributed by atoms with E-state index in [0.29, 0.717) is 17.8 Å². The van der Waals surface area contributed by atoms with Gasteiger partial charge in [0.2, 0.25) is 0 Å². The highest BCUT2D eigenvalue weighted by molar-refractivity contribution is 6.36. The zero-order valence-electron chi connectivity index (χ0n) is 9.99. The summed E-state index contributed by atoms with van der Waals surface area (Å²) in [5.41, 5.74) is 7.11. The first kappa shape index (κ1) is 13.4. The maximum atomic E-state index is 12.7. The van der Waals surface area contributed by atoms with Crippen molar-refractivity contribution < 1.29 is 9.18 Å². The lowest BCUT2D eigenvalue weighted by Crippen LogP contribution is -2.23. The van der Waals surface area contributed by atoms with Crippen molar-refractivity contribution >= 4 is 23.2 Å². The summed E-state index contributed by atoms with van der Waals surface area (Å²) in [4.78, 5) is 11.9. The van der Waals surface area contributed by atoms with Crippen molar-refractivity contribution in [3.8, 4) is 0 Å². The summed E-state index contributed by atoms with van der Waals surface area (Å²) >= 11 is 5.96. The van der Waals surface area contributed by atoms with Gasteiger partial charge in [0, 0.05) is 6.54 Å². The van der Waals surface area contributed by atoms with Crippen molar-refractivity contribution in [2.45, 2.75) is 6.54 Å². The minimum Gasteiger partial charge on any atom is -0.398 e. The largest absolute Gasteiger partial charge is 0.398 e. The van der Waals surface area contributed by atoms with Crippen LogP contribution in [-0.2, 0) is 6.54 Å². The second-order valence-corrected chi connectivity index (χ2v) is 4.40. The Balaban J connectivity index is 2.05. The lowest BCUT2D eigenvalue weighted by atomic mass is 10.1. The number of anilines is 1. The highest BCUT2D eigenvalue weighted by Gasteiger charge is 2.11. The standard InChI is InChI=1S/C14H12ClFN2O/c15-13-11(2-1-3-12(13)17)14(19)18-8-9-4-6-10(16)7-5-9/h1-7H,8,17H2,(H,18,19). The van der Waals surface area contributed by atoms with E-state index in [-0.39, 0.29) is 16.7 Å². The molecule has 0 radical (unpaired) electrons. The fraction of sp³-hybridized carbons (Fsp3) is 0.0714. The third kappa shape index (κ3) is 3.23. The Morgan fingerprint density at radius 1 is 1.21 bits per heavy atom. The number of nitrogen functional groups attached to an aromatic ring is 1. The molecule has 0 aliphatic rings. The first-order valence-electron chi connectivity index (χ1n) is 5.64. The van der Waals surface area contributed by atoms with E-state index in [2.05, 4.69) is 5.32 Å². The number of nitrogens with two attached hydrogens (primary N) is 1. The van der Waals surface area contributed by atoms with Crippen LogP contribution in [0.4, 0.5) is 10.1 Å². The fourth-order valence-electron chi connectivity index (χ4n) is 1.61. The molecule has 0 atom stereocenters. The Hall–Kier alpha value is -2.07. The molecule has 19 heavy (non-hydrogen) atoms. The maximum Gasteiger partial charge on any atom is 0.253 e. The molecule has 0 saturated heterocycles. The number of rotatable bonds is 3. The molecule has 0 heterocycles. The Bertz CT molecular complexity index is 599. The molecule has 2 rings (SSSR count). The van der Waals surface area contributed by atoms with E-state index < -0.39 is 0 Å². The number of carbonyl (C=O) groups excluding carboxylic acids is 1. The van der Waals surface area contributed by atoms with Crippen molar-refractivity contribution in [3.05, 3.63) is 64.4 Å². The Kier molecular flexibility index (Phi) is 4.02. The van der Waals surface area contributed by atoms with E-state index in [9.17, 15) is 9.18 Å². The maximum absolute atomic E-state index is 12.7. The third-order valence-corrected chi connectivity index (χ3v) is 3.06. The minimum atomic E-state index is -0.318. The van der Waals surface area contributed by atoms with Crippen LogP contribution in [0.2, 0.25) is 5.02 Å². The second-order valence-electron chi connectivity index (χ2n) is 4.02. The van der Waals surface area contributed by atoms with E-state index in [4.69, 9.17) is 17.3 Å². The zero-order valence-corrected chi connectivity index (χ0v) is 10.7. The molecule has 0 saturated carbocycles. The molecule has 3 N–H and O–H groups in total. The molecule has 3 nitrogen and oxygen atoms in total. The van der Waals surface area contributed by atoms with Crippen molar-refractivity contribution in [3.63, 3.8) is 0 Å². The molecular weight excluding hydrogens is 267 g/mol. The van der Waals surface area contributed by atoms with Gasteiger partial charge in [-0.05, 0) is 29.8 Å². The average molecular weight is 279 g/mol. The summed E-state index contributed by atoms with van der Waals surface area (Å²) in [7, 11) is 0. The number of benzene rings is 2. The smallest absolute Gasteiger partial charge is 0.253 e. The van der Waals surface area contributed by atoms with Gasteiger partial charge in [0.05, 0.1) is 16.3 Å².